The second-order valence-electron chi connectivity index (χ2n) is 3.01. The average Bonchev–Trinajstić information content (AvgIpc) is 2.68. The number of nitrogens with zero attached hydrogens (tertiary/aromatic N) is 2. The lowest BCUT2D eigenvalue weighted by Crippen LogP contribution is -2.08. The Kier molecular flexibility index (Phi) is 6.72. The van der Waals surface area contributed by atoms with Crippen LogP contribution in [0.1, 0.15) is 20.2 Å². The molecular formula is C10H11Cl2N3OS. The Bertz CT molecular complexity index is 475. The zero-order valence-electron chi connectivity index (χ0n) is 8.70. The van der Waals surface area contributed by atoms with E-state index in [9.17, 15) is 4.79 Å². The maximum absolute atomic E-state index is 10.8. The molecule has 2 heterocycles. The Hall–Kier alpha value is -1.17. The largest absolute Gasteiger partial charge is 0.365 e. The second kappa shape index (κ2) is 7.21. The van der Waals surface area contributed by atoms with E-state index in [4.69, 9.17) is 5.73 Å². The topological polar surface area (TPSA) is 68.9 Å². The van der Waals surface area contributed by atoms with E-state index in [1.165, 1.54) is 17.5 Å². The van der Waals surface area contributed by atoms with Gasteiger partial charge in [0.25, 0.3) is 5.91 Å². The van der Waals surface area contributed by atoms with Gasteiger partial charge < -0.3 is 5.73 Å². The molecule has 0 saturated carbocycles. The smallest absolute Gasteiger partial charge is 0.260 e. The van der Waals surface area contributed by atoms with Gasteiger partial charge in [0, 0.05) is 18.8 Å². The molecule has 7 heteroatoms. The molecule has 0 aliphatic carbocycles. The fourth-order valence-corrected chi connectivity index (χ4v) is 1.99. The van der Waals surface area contributed by atoms with Gasteiger partial charge in [0.1, 0.15) is 4.88 Å². The van der Waals surface area contributed by atoms with E-state index < -0.39 is 5.91 Å². The molecule has 2 aromatic heterocycles. The van der Waals surface area contributed by atoms with Crippen LogP contribution < -0.4 is 5.73 Å². The summed E-state index contributed by atoms with van der Waals surface area (Å²) >= 11 is 1.33. The van der Waals surface area contributed by atoms with E-state index in [0.29, 0.717) is 11.3 Å². The summed E-state index contributed by atoms with van der Waals surface area (Å²) in [6.07, 6.45) is 5.69. The zero-order chi connectivity index (χ0) is 10.7. The Morgan fingerprint density at radius 2 is 1.94 bits per heavy atom. The lowest BCUT2D eigenvalue weighted by Gasteiger charge is -1.95. The number of rotatable bonds is 3. The maximum atomic E-state index is 10.8. The lowest BCUT2D eigenvalue weighted by molar-refractivity contribution is 0.100. The van der Waals surface area contributed by atoms with Crippen LogP contribution >= 0.6 is 36.2 Å². The number of carbonyl (C=O) groups is 1. The van der Waals surface area contributed by atoms with Gasteiger partial charge in [-0.1, -0.05) is 0 Å². The van der Waals surface area contributed by atoms with Crippen molar-refractivity contribution in [1.29, 1.82) is 0 Å². The van der Waals surface area contributed by atoms with Gasteiger partial charge in [-0.25, -0.2) is 4.98 Å². The van der Waals surface area contributed by atoms with Crippen LogP contribution in [0, 0.1) is 0 Å². The third-order valence-electron chi connectivity index (χ3n) is 1.90. The predicted octanol–water partition coefficient (Wildman–Crippen LogP) is 2.07. The molecule has 2 rings (SSSR count). The second-order valence-corrected chi connectivity index (χ2v) is 4.13. The molecule has 0 fully saturated rings. The summed E-state index contributed by atoms with van der Waals surface area (Å²) in [6, 6.07) is 3.84. The van der Waals surface area contributed by atoms with E-state index in [0.717, 1.165) is 10.6 Å². The number of hydrogen-bond acceptors (Lipinski definition) is 4. The van der Waals surface area contributed by atoms with Gasteiger partial charge in [-0.3, -0.25) is 9.78 Å². The number of pyridine rings is 1. The summed E-state index contributed by atoms with van der Waals surface area (Å²) in [5.74, 6) is -0.423. The standard InChI is InChI=1S/C10H9N3OS.2ClH/c11-10(14)8-6-13-9(15-8)5-7-1-3-12-4-2-7;;/h1-4,6H,5H2,(H2,11,14);2*1H. The highest BCUT2D eigenvalue weighted by molar-refractivity contribution is 7.13. The molecule has 0 bridgehead atoms. The van der Waals surface area contributed by atoms with Crippen molar-refractivity contribution < 1.29 is 4.79 Å². The SMILES string of the molecule is Cl.Cl.NC(=O)c1cnc(Cc2ccncc2)s1. The first-order valence-electron chi connectivity index (χ1n) is 4.39. The maximum Gasteiger partial charge on any atom is 0.260 e. The molecule has 1 amide bonds. The van der Waals surface area contributed by atoms with Crippen molar-refractivity contribution in [2.45, 2.75) is 6.42 Å². The monoisotopic (exact) mass is 291 g/mol. The summed E-state index contributed by atoms with van der Waals surface area (Å²) in [6.45, 7) is 0. The van der Waals surface area contributed by atoms with E-state index in [-0.39, 0.29) is 24.8 Å². The summed E-state index contributed by atoms with van der Waals surface area (Å²) in [5, 5.41) is 0.884. The molecule has 0 saturated heterocycles. The third-order valence-corrected chi connectivity index (χ3v) is 2.91. The highest BCUT2D eigenvalue weighted by atomic mass is 35.5. The van der Waals surface area contributed by atoms with Gasteiger partial charge in [0.05, 0.1) is 11.2 Å². The fraction of sp³-hybridized carbons (Fsp3) is 0.100. The van der Waals surface area contributed by atoms with Gasteiger partial charge in [-0.05, 0) is 17.7 Å². The number of halogens is 2. The molecule has 0 aromatic carbocycles. The van der Waals surface area contributed by atoms with Gasteiger partial charge in [0.2, 0.25) is 0 Å². The Balaban J connectivity index is 0.00000128. The Morgan fingerprint density at radius 1 is 1.29 bits per heavy atom. The third kappa shape index (κ3) is 4.30. The van der Waals surface area contributed by atoms with Gasteiger partial charge in [0.15, 0.2) is 0 Å². The van der Waals surface area contributed by atoms with Crippen LogP contribution in [0.5, 0.6) is 0 Å². The molecule has 2 N–H and O–H groups in total. The van der Waals surface area contributed by atoms with E-state index in [2.05, 4.69) is 9.97 Å². The fourth-order valence-electron chi connectivity index (χ4n) is 1.18. The molecule has 0 atom stereocenters. The van der Waals surface area contributed by atoms with Crippen LogP contribution in [-0.2, 0) is 6.42 Å². The van der Waals surface area contributed by atoms with Crippen LogP contribution in [0.2, 0.25) is 0 Å². The van der Waals surface area contributed by atoms with E-state index in [1.807, 2.05) is 12.1 Å². The van der Waals surface area contributed by atoms with Crippen LogP contribution in [0.15, 0.2) is 30.7 Å². The average molecular weight is 292 g/mol. The minimum absolute atomic E-state index is 0. The first-order valence-corrected chi connectivity index (χ1v) is 5.21. The minimum Gasteiger partial charge on any atom is -0.365 e. The van der Waals surface area contributed by atoms with Crippen molar-refractivity contribution in [2.24, 2.45) is 5.73 Å². The van der Waals surface area contributed by atoms with Gasteiger partial charge >= 0.3 is 0 Å². The molecule has 0 aliphatic heterocycles. The molecular weight excluding hydrogens is 281 g/mol. The van der Waals surface area contributed by atoms with Crippen molar-refractivity contribution in [3.63, 3.8) is 0 Å². The Labute approximate surface area is 115 Å². The molecule has 2 aromatic rings. The minimum atomic E-state index is -0.423. The van der Waals surface area contributed by atoms with Crippen LogP contribution in [0.4, 0.5) is 0 Å². The van der Waals surface area contributed by atoms with Crippen LogP contribution in [0.25, 0.3) is 0 Å². The molecule has 0 unspecified atom stereocenters. The molecule has 92 valence electrons. The summed E-state index contributed by atoms with van der Waals surface area (Å²) < 4.78 is 0. The lowest BCUT2D eigenvalue weighted by atomic mass is 10.2. The van der Waals surface area contributed by atoms with Crippen molar-refractivity contribution >= 4 is 42.1 Å². The van der Waals surface area contributed by atoms with Crippen molar-refractivity contribution in [3.05, 3.63) is 46.2 Å². The van der Waals surface area contributed by atoms with Crippen LogP contribution in [0.3, 0.4) is 0 Å². The normalized spacial score (nSPS) is 8.94. The Morgan fingerprint density at radius 3 is 2.47 bits per heavy atom. The van der Waals surface area contributed by atoms with Gasteiger partial charge in [-0.15, -0.1) is 36.2 Å². The van der Waals surface area contributed by atoms with E-state index in [1.54, 1.807) is 12.4 Å². The summed E-state index contributed by atoms with van der Waals surface area (Å²) in [4.78, 5) is 19.4. The first-order chi connectivity index (χ1) is 7.25. The molecule has 0 aliphatic rings. The number of nitrogens with two attached hydrogens (primary N) is 1. The first kappa shape index (κ1) is 15.8. The van der Waals surface area contributed by atoms with Crippen molar-refractivity contribution in [2.75, 3.05) is 0 Å². The van der Waals surface area contributed by atoms with Crippen LogP contribution in [-0.4, -0.2) is 15.9 Å². The number of amides is 1. The van der Waals surface area contributed by atoms with Crippen molar-refractivity contribution in [1.82, 2.24) is 9.97 Å². The van der Waals surface area contributed by atoms with E-state index >= 15 is 0 Å². The highest BCUT2D eigenvalue weighted by Crippen LogP contribution is 2.15. The molecule has 0 spiro atoms. The predicted molar refractivity (Wildman–Crippen MR) is 72.2 cm³/mol. The summed E-state index contributed by atoms with van der Waals surface area (Å²) in [7, 11) is 0. The molecule has 0 radical (unpaired) electrons. The molecule has 4 nitrogen and oxygen atoms in total. The zero-order valence-corrected chi connectivity index (χ0v) is 11.1. The number of thiazole rings is 1. The summed E-state index contributed by atoms with van der Waals surface area (Å²) in [5.41, 5.74) is 6.26. The quantitative estimate of drug-likeness (QED) is 0.941. The highest BCUT2D eigenvalue weighted by Gasteiger charge is 2.06. The number of aromatic nitrogens is 2. The molecule has 17 heavy (non-hydrogen) atoms. The van der Waals surface area contributed by atoms with Crippen molar-refractivity contribution in [3.8, 4) is 0 Å². The number of carbonyl (C=O) groups excluding carboxylic acids is 1. The number of hydrogen-bond donors (Lipinski definition) is 1. The number of primary amides is 1. The van der Waals surface area contributed by atoms with Gasteiger partial charge in [-0.2, -0.15) is 0 Å².